The first-order valence-electron chi connectivity index (χ1n) is 9.77. The maximum atomic E-state index is 10.4. The van der Waals surface area contributed by atoms with E-state index in [1.165, 1.54) is 0 Å². The van der Waals surface area contributed by atoms with Crippen LogP contribution in [0.25, 0.3) is 0 Å². The van der Waals surface area contributed by atoms with Crippen LogP contribution in [-0.2, 0) is 8.85 Å². The highest BCUT2D eigenvalue weighted by molar-refractivity contribution is 6.74. The van der Waals surface area contributed by atoms with Gasteiger partial charge in [0.1, 0.15) is 0 Å². The molecular weight excluding hydrogens is 344 g/mol. The molecule has 0 spiro atoms. The van der Waals surface area contributed by atoms with Gasteiger partial charge in [0.15, 0.2) is 16.6 Å². The average molecular weight is 387 g/mol. The van der Waals surface area contributed by atoms with Crippen LogP contribution in [0.1, 0.15) is 60.8 Å². The van der Waals surface area contributed by atoms with Crippen molar-refractivity contribution in [1.29, 1.82) is 0 Å². The van der Waals surface area contributed by atoms with E-state index in [0.29, 0.717) is 6.42 Å². The topological polar surface area (TPSA) is 38.7 Å². The van der Waals surface area contributed by atoms with E-state index in [-0.39, 0.29) is 22.3 Å². The Bertz CT molecular complexity index is 459. The van der Waals surface area contributed by atoms with E-state index in [2.05, 4.69) is 73.8 Å². The first kappa shape index (κ1) is 23.1. The summed E-state index contributed by atoms with van der Waals surface area (Å²) in [6, 6.07) is 0. The summed E-state index contributed by atoms with van der Waals surface area (Å²) >= 11 is 0. The molecule has 0 saturated heterocycles. The van der Waals surface area contributed by atoms with Gasteiger partial charge >= 0.3 is 0 Å². The standard InChI is InChI=1S/C20H42O3Si2/c1-19(2,3)24(7,8)22-17-12-11-16(21)15-18(14-13-17)23-25(9,10)20(4,5)6/h11-12,16-18,21H,13-15H2,1-10H3/t16-,17-,18-/m1/s1. The lowest BCUT2D eigenvalue weighted by Crippen LogP contribution is -2.46. The van der Waals surface area contributed by atoms with Crippen molar-refractivity contribution in [2.24, 2.45) is 0 Å². The highest BCUT2D eigenvalue weighted by Crippen LogP contribution is 2.40. The van der Waals surface area contributed by atoms with Crippen molar-refractivity contribution in [2.45, 2.75) is 115 Å². The van der Waals surface area contributed by atoms with Crippen LogP contribution in [0.3, 0.4) is 0 Å². The lowest BCUT2D eigenvalue weighted by atomic mass is 10.0. The van der Waals surface area contributed by atoms with Gasteiger partial charge in [0.05, 0.1) is 12.2 Å². The zero-order valence-electron chi connectivity index (χ0n) is 18.3. The number of hydrogen-bond acceptors (Lipinski definition) is 3. The summed E-state index contributed by atoms with van der Waals surface area (Å²) in [5.74, 6) is 0. The third kappa shape index (κ3) is 6.62. The Balaban J connectivity index is 2.83. The smallest absolute Gasteiger partial charge is 0.192 e. The van der Waals surface area contributed by atoms with Crippen LogP contribution in [0.15, 0.2) is 12.2 Å². The van der Waals surface area contributed by atoms with Crippen molar-refractivity contribution in [2.75, 3.05) is 0 Å². The van der Waals surface area contributed by atoms with E-state index in [0.717, 1.165) is 12.8 Å². The van der Waals surface area contributed by atoms with E-state index in [1.807, 2.05) is 6.08 Å². The lowest BCUT2D eigenvalue weighted by molar-refractivity contribution is 0.0859. The molecule has 1 rings (SSSR count). The van der Waals surface area contributed by atoms with Gasteiger partial charge in [0.2, 0.25) is 0 Å². The molecule has 148 valence electrons. The fourth-order valence-electron chi connectivity index (χ4n) is 2.52. The Hall–Kier alpha value is 0.0538. The predicted molar refractivity (Wildman–Crippen MR) is 113 cm³/mol. The van der Waals surface area contributed by atoms with Gasteiger partial charge in [-0.3, -0.25) is 0 Å². The molecule has 1 aliphatic rings. The minimum atomic E-state index is -1.83. The van der Waals surface area contributed by atoms with Gasteiger partial charge in [-0.15, -0.1) is 0 Å². The largest absolute Gasteiger partial charge is 0.414 e. The van der Waals surface area contributed by atoms with Crippen LogP contribution >= 0.6 is 0 Å². The predicted octanol–water partition coefficient (Wildman–Crippen LogP) is 5.87. The normalized spacial score (nSPS) is 27.1. The Morgan fingerprint density at radius 3 is 1.76 bits per heavy atom. The van der Waals surface area contributed by atoms with Crippen molar-refractivity contribution in [3.05, 3.63) is 12.2 Å². The van der Waals surface area contributed by atoms with Gasteiger partial charge in [0, 0.05) is 12.5 Å². The molecule has 0 aromatic carbocycles. The number of aliphatic hydroxyl groups is 1. The minimum Gasteiger partial charge on any atom is -0.414 e. The number of aliphatic hydroxyl groups excluding tert-OH is 1. The summed E-state index contributed by atoms with van der Waals surface area (Å²) in [5.41, 5.74) is 0. The Morgan fingerprint density at radius 2 is 1.28 bits per heavy atom. The molecule has 0 radical (unpaired) electrons. The van der Waals surface area contributed by atoms with Crippen LogP contribution in [0.2, 0.25) is 36.3 Å². The maximum absolute atomic E-state index is 10.4. The average Bonchev–Trinajstić information content (AvgIpc) is 2.36. The molecular formula is C20H42O3Si2. The summed E-state index contributed by atoms with van der Waals surface area (Å²) in [7, 11) is -3.64. The van der Waals surface area contributed by atoms with Gasteiger partial charge in [-0.05, 0) is 49.1 Å². The fourth-order valence-corrected chi connectivity index (χ4v) is 5.23. The van der Waals surface area contributed by atoms with E-state index in [4.69, 9.17) is 8.85 Å². The third-order valence-electron chi connectivity index (χ3n) is 6.35. The van der Waals surface area contributed by atoms with E-state index < -0.39 is 22.7 Å². The molecule has 1 aliphatic carbocycles. The van der Waals surface area contributed by atoms with E-state index >= 15 is 0 Å². The first-order chi connectivity index (χ1) is 11.1. The molecule has 3 atom stereocenters. The second-order valence-corrected chi connectivity index (χ2v) is 20.2. The Labute approximate surface area is 158 Å². The molecule has 3 nitrogen and oxygen atoms in total. The molecule has 0 amide bonds. The Morgan fingerprint density at radius 1 is 0.800 bits per heavy atom. The van der Waals surface area contributed by atoms with Crippen molar-refractivity contribution in [3.8, 4) is 0 Å². The van der Waals surface area contributed by atoms with Gasteiger partial charge in [-0.1, -0.05) is 53.7 Å². The van der Waals surface area contributed by atoms with Crippen LogP contribution in [0, 0.1) is 0 Å². The highest BCUT2D eigenvalue weighted by atomic mass is 28.4. The molecule has 0 saturated carbocycles. The third-order valence-corrected chi connectivity index (χ3v) is 15.4. The number of hydrogen-bond donors (Lipinski definition) is 1. The van der Waals surface area contributed by atoms with Crippen LogP contribution in [0.5, 0.6) is 0 Å². The summed E-state index contributed by atoms with van der Waals surface area (Å²) in [6.45, 7) is 22.8. The molecule has 0 fully saturated rings. The second-order valence-electron chi connectivity index (χ2n) is 10.7. The van der Waals surface area contributed by atoms with Crippen molar-refractivity contribution in [1.82, 2.24) is 0 Å². The zero-order chi connectivity index (χ0) is 19.7. The fraction of sp³-hybridized carbons (Fsp3) is 0.900. The van der Waals surface area contributed by atoms with E-state index in [9.17, 15) is 5.11 Å². The molecule has 0 aromatic rings. The van der Waals surface area contributed by atoms with Crippen LogP contribution < -0.4 is 0 Å². The van der Waals surface area contributed by atoms with Gasteiger partial charge in [-0.25, -0.2) is 0 Å². The highest BCUT2D eigenvalue weighted by Gasteiger charge is 2.41. The molecule has 0 aliphatic heterocycles. The monoisotopic (exact) mass is 386 g/mol. The quantitative estimate of drug-likeness (QED) is 0.485. The van der Waals surface area contributed by atoms with Crippen molar-refractivity contribution < 1.29 is 14.0 Å². The summed E-state index contributed by atoms with van der Waals surface area (Å²) in [6.07, 6.45) is 6.36. The van der Waals surface area contributed by atoms with Gasteiger partial charge in [0.25, 0.3) is 0 Å². The van der Waals surface area contributed by atoms with Gasteiger partial charge in [-0.2, -0.15) is 0 Å². The van der Waals surface area contributed by atoms with E-state index in [1.54, 1.807) is 0 Å². The van der Waals surface area contributed by atoms with Crippen molar-refractivity contribution in [3.63, 3.8) is 0 Å². The molecule has 1 N–H and O–H groups in total. The molecule has 0 bridgehead atoms. The number of rotatable bonds is 4. The first-order valence-corrected chi connectivity index (χ1v) is 15.6. The second kappa shape index (κ2) is 7.97. The lowest BCUT2D eigenvalue weighted by Gasteiger charge is -2.41. The zero-order valence-corrected chi connectivity index (χ0v) is 20.3. The van der Waals surface area contributed by atoms with Crippen molar-refractivity contribution >= 4 is 16.6 Å². The minimum absolute atomic E-state index is 0.0846. The summed E-state index contributed by atoms with van der Waals surface area (Å²) in [5, 5.41) is 10.7. The molecule has 5 heteroatoms. The van der Waals surface area contributed by atoms with Crippen LogP contribution in [-0.4, -0.2) is 40.1 Å². The Kier molecular flexibility index (Phi) is 7.36. The molecule has 25 heavy (non-hydrogen) atoms. The summed E-state index contributed by atoms with van der Waals surface area (Å²) < 4.78 is 13.2. The SMILES string of the molecule is CC(C)(C)[Si](C)(C)O[C@@H]1CC[C@H](O[Si](C)(C)C(C)(C)C)C=C[C@@H](O)C1. The van der Waals surface area contributed by atoms with Crippen LogP contribution in [0.4, 0.5) is 0 Å². The maximum Gasteiger partial charge on any atom is 0.192 e. The molecule has 0 unspecified atom stereocenters. The molecule has 0 heterocycles. The molecule has 0 aromatic heterocycles. The van der Waals surface area contributed by atoms with Gasteiger partial charge < -0.3 is 14.0 Å². The summed E-state index contributed by atoms with van der Waals surface area (Å²) in [4.78, 5) is 0.